The van der Waals surface area contributed by atoms with E-state index in [1.807, 2.05) is 84.9 Å². The first-order chi connectivity index (χ1) is 25.6. The van der Waals surface area contributed by atoms with Crippen molar-refractivity contribution in [2.24, 2.45) is 0 Å². The molecule has 0 saturated carbocycles. The molecule has 2 heterocycles. The lowest BCUT2D eigenvalue weighted by atomic mass is 9.82. The van der Waals surface area contributed by atoms with E-state index in [1.165, 1.54) is 0 Å². The van der Waals surface area contributed by atoms with Crippen molar-refractivity contribution in [3.05, 3.63) is 163 Å². The molecule has 1 aliphatic carbocycles. The molecule has 7 aromatic carbocycles. The maximum atomic E-state index is 9.71. The molecule has 0 N–H and O–H groups in total. The zero-order valence-corrected chi connectivity index (χ0v) is 26.3. The van der Waals surface area contributed by atoms with Crippen LogP contribution < -0.4 is 4.90 Å². The number of para-hydroxylation sites is 3. The molecule has 3 nitrogen and oxygen atoms in total. The molecule has 0 spiro atoms. The number of hydrogen-bond acceptors (Lipinski definition) is 3. The van der Waals surface area contributed by atoms with Gasteiger partial charge in [0.1, 0.15) is 22.3 Å². The Bertz CT molecular complexity index is 2990. The molecule has 3 heteroatoms. The second-order valence-corrected chi connectivity index (χ2v) is 12.9. The van der Waals surface area contributed by atoms with Crippen LogP contribution in [0.25, 0.3) is 66.1 Å². The summed E-state index contributed by atoms with van der Waals surface area (Å²) in [7, 11) is 0. The van der Waals surface area contributed by atoms with Crippen molar-refractivity contribution >= 4 is 60.9 Å². The van der Waals surface area contributed by atoms with Crippen LogP contribution in [0, 0.1) is 0 Å². The summed E-state index contributed by atoms with van der Waals surface area (Å²) in [6.45, 7) is 4.24. The van der Waals surface area contributed by atoms with Gasteiger partial charge in [-0.25, -0.2) is 0 Å². The number of anilines is 3. The molecule has 0 radical (unpaired) electrons. The quantitative estimate of drug-likeness (QED) is 0.196. The first kappa shape index (κ1) is 22.5. The van der Waals surface area contributed by atoms with E-state index in [0.29, 0.717) is 56.2 Å². The minimum Gasteiger partial charge on any atom is -0.456 e. The van der Waals surface area contributed by atoms with Crippen molar-refractivity contribution in [2.75, 3.05) is 4.90 Å². The van der Waals surface area contributed by atoms with Gasteiger partial charge in [-0.2, -0.15) is 0 Å². The monoisotopic (exact) mass is 622 g/mol. The molecule has 48 heavy (non-hydrogen) atoms. The lowest BCUT2D eigenvalue weighted by Gasteiger charge is -2.29. The summed E-state index contributed by atoms with van der Waals surface area (Å²) in [6.07, 6.45) is 0. The highest BCUT2D eigenvalue weighted by atomic mass is 16.3. The minimum absolute atomic E-state index is 0.0402. The van der Waals surface area contributed by atoms with E-state index in [1.54, 1.807) is 41.3 Å². The van der Waals surface area contributed by atoms with Gasteiger partial charge in [-0.15, -0.1) is 0 Å². The summed E-state index contributed by atoms with van der Waals surface area (Å²) in [5.74, 6) is 0. The van der Waals surface area contributed by atoms with Crippen LogP contribution >= 0.6 is 0 Å². The molecule has 0 amide bonds. The SMILES string of the molecule is [2H]c1cccc2c1-c1c(ccc([2H])c1N(c1c([2H])cc(-c3cccc4c3oc3ccccc34)cc1[2H])c1c([2H])ccc3oc4ccccc4c13)C2(C)C. The van der Waals surface area contributed by atoms with E-state index < -0.39 is 5.41 Å². The number of nitrogens with zero attached hydrogens (tertiary/aromatic N) is 1. The largest absolute Gasteiger partial charge is 0.456 e. The van der Waals surface area contributed by atoms with Crippen LogP contribution in [0.15, 0.2) is 160 Å². The van der Waals surface area contributed by atoms with Crippen molar-refractivity contribution in [1.82, 2.24) is 0 Å². The van der Waals surface area contributed by atoms with Gasteiger partial charge in [-0.1, -0.05) is 123 Å². The van der Waals surface area contributed by atoms with Gasteiger partial charge in [0.15, 0.2) is 0 Å². The molecular weight excluding hydrogens is 587 g/mol. The number of hydrogen-bond donors (Lipinski definition) is 0. The molecule has 0 saturated heterocycles. The van der Waals surface area contributed by atoms with E-state index >= 15 is 0 Å². The Morgan fingerprint density at radius 1 is 0.521 bits per heavy atom. The summed E-state index contributed by atoms with van der Waals surface area (Å²) in [6, 6.07) is 38.4. The van der Waals surface area contributed by atoms with Gasteiger partial charge in [0, 0.05) is 38.4 Å². The maximum absolute atomic E-state index is 9.71. The predicted octanol–water partition coefficient (Wildman–Crippen LogP) is 12.9. The van der Waals surface area contributed by atoms with Gasteiger partial charge in [-0.05, 0) is 64.6 Å². The first-order valence-corrected chi connectivity index (χ1v) is 16.1. The van der Waals surface area contributed by atoms with Gasteiger partial charge < -0.3 is 13.7 Å². The molecule has 9 aromatic rings. The van der Waals surface area contributed by atoms with E-state index in [2.05, 4.69) is 13.8 Å². The molecule has 0 bridgehead atoms. The molecule has 0 atom stereocenters. The van der Waals surface area contributed by atoms with E-state index in [0.717, 1.165) is 38.4 Å². The Balaban J connectivity index is 1.31. The summed E-state index contributed by atoms with van der Waals surface area (Å²) >= 11 is 0. The van der Waals surface area contributed by atoms with Crippen LogP contribution in [0.5, 0.6) is 0 Å². The van der Waals surface area contributed by atoms with Gasteiger partial charge in [0.25, 0.3) is 0 Å². The Kier molecular flexibility index (Phi) is 4.67. The van der Waals surface area contributed by atoms with Crippen molar-refractivity contribution in [1.29, 1.82) is 0 Å². The van der Waals surface area contributed by atoms with Crippen LogP contribution in [-0.4, -0.2) is 0 Å². The average molecular weight is 623 g/mol. The Morgan fingerprint density at radius 2 is 1.19 bits per heavy atom. The first-order valence-electron chi connectivity index (χ1n) is 18.6. The summed E-state index contributed by atoms with van der Waals surface area (Å²) in [5.41, 5.74) is 7.89. The van der Waals surface area contributed by atoms with Crippen LogP contribution in [0.4, 0.5) is 17.1 Å². The summed E-state index contributed by atoms with van der Waals surface area (Å²) in [5, 5.41) is 3.37. The molecular formula is C45H31NO2. The molecule has 10 rings (SSSR count). The lowest BCUT2D eigenvalue weighted by molar-refractivity contribution is 0.660. The normalized spacial score (nSPS) is 14.8. The third kappa shape index (κ3) is 3.76. The third-order valence-electron chi connectivity index (χ3n) is 9.86. The average Bonchev–Trinajstić information content (AvgIpc) is 3.79. The van der Waals surface area contributed by atoms with E-state index in [4.69, 9.17) is 10.2 Å². The highest BCUT2D eigenvalue weighted by Crippen LogP contribution is 2.55. The summed E-state index contributed by atoms with van der Waals surface area (Å²) < 4.78 is 60.2. The number of furan rings is 2. The number of benzene rings is 7. The van der Waals surface area contributed by atoms with Crippen molar-refractivity contribution < 1.29 is 15.7 Å². The van der Waals surface area contributed by atoms with Crippen molar-refractivity contribution in [3.63, 3.8) is 0 Å². The van der Waals surface area contributed by atoms with E-state index in [9.17, 15) is 5.48 Å². The second kappa shape index (κ2) is 9.97. The molecule has 0 aliphatic heterocycles. The molecule has 228 valence electrons. The van der Waals surface area contributed by atoms with Crippen LogP contribution in [0.3, 0.4) is 0 Å². The highest BCUT2D eigenvalue weighted by Gasteiger charge is 2.38. The third-order valence-corrected chi connectivity index (χ3v) is 9.86. The fraction of sp³-hybridized carbons (Fsp3) is 0.0667. The smallest absolute Gasteiger partial charge is 0.143 e. The van der Waals surface area contributed by atoms with Gasteiger partial charge in [0.05, 0.1) is 23.6 Å². The van der Waals surface area contributed by atoms with Gasteiger partial charge in [-0.3, -0.25) is 0 Å². The van der Waals surface area contributed by atoms with Gasteiger partial charge in [0.2, 0.25) is 0 Å². The molecule has 0 fully saturated rings. The van der Waals surface area contributed by atoms with Crippen LogP contribution in [0.2, 0.25) is 0 Å². The predicted molar refractivity (Wildman–Crippen MR) is 199 cm³/mol. The Labute approximate surface area is 285 Å². The highest BCUT2D eigenvalue weighted by molar-refractivity contribution is 6.14. The zero-order valence-electron chi connectivity index (χ0n) is 31.3. The fourth-order valence-corrected chi connectivity index (χ4v) is 7.59. The minimum atomic E-state index is -0.489. The molecule has 0 unspecified atom stereocenters. The zero-order chi connectivity index (χ0) is 36.3. The lowest BCUT2D eigenvalue weighted by Crippen LogP contribution is -2.16. The second-order valence-electron chi connectivity index (χ2n) is 12.9. The Morgan fingerprint density at radius 3 is 2.04 bits per heavy atom. The van der Waals surface area contributed by atoms with Crippen LogP contribution in [0.1, 0.15) is 31.8 Å². The van der Waals surface area contributed by atoms with Crippen molar-refractivity contribution in [3.8, 4) is 22.3 Å². The molecule has 2 aromatic heterocycles. The maximum Gasteiger partial charge on any atom is 0.143 e. The van der Waals surface area contributed by atoms with Crippen molar-refractivity contribution in [2.45, 2.75) is 19.3 Å². The summed E-state index contributed by atoms with van der Waals surface area (Å²) in [4.78, 5) is 1.75. The fourth-order valence-electron chi connectivity index (χ4n) is 7.59. The number of fused-ring (bicyclic) bond motifs is 9. The van der Waals surface area contributed by atoms with E-state index in [-0.39, 0.29) is 29.9 Å². The Hall–Kier alpha value is -6.06. The topological polar surface area (TPSA) is 29.5 Å². The number of rotatable bonds is 4. The van der Waals surface area contributed by atoms with Crippen LogP contribution in [-0.2, 0) is 5.41 Å². The van der Waals surface area contributed by atoms with Gasteiger partial charge >= 0.3 is 0 Å². The molecule has 1 aliphatic rings. The standard InChI is InChI=1S/C45H31NO2/c1-45(2)35-17-6-3-13-33(35)42-36(45)18-10-19-37(42)46(38-20-11-23-41-43(38)34-14-5-8-22-40(34)47-41)29-26-24-28(25-27-29)30-15-9-16-32-31-12-4-7-21-39(31)48-44(30)32/h3-27H,1-2H3/i13D,19D,20D,26D,27D.